The number of nitrogens with one attached hydrogen (secondary N) is 3. The number of thioether (sulfide) groups is 1. The van der Waals surface area contributed by atoms with Gasteiger partial charge in [-0.2, -0.15) is 11.8 Å². The summed E-state index contributed by atoms with van der Waals surface area (Å²) >= 11 is 1.57. The highest BCUT2D eigenvalue weighted by atomic mass is 32.2. The summed E-state index contributed by atoms with van der Waals surface area (Å²) in [5, 5.41) is 7.74. The maximum Gasteiger partial charge on any atom is 0.328 e. The number of amides is 3. The summed E-state index contributed by atoms with van der Waals surface area (Å²) in [5.41, 5.74) is 0.892. The van der Waals surface area contributed by atoms with Crippen molar-refractivity contribution >= 4 is 36.0 Å². The average Bonchev–Trinajstić information content (AvgIpc) is 2.70. The van der Waals surface area contributed by atoms with Gasteiger partial charge in [-0.3, -0.25) is 14.4 Å². The molecule has 3 amide bonds. The van der Waals surface area contributed by atoms with Gasteiger partial charge in [0, 0.05) is 19.4 Å². The summed E-state index contributed by atoms with van der Waals surface area (Å²) in [5.74, 6) is -0.536. The van der Waals surface area contributed by atoms with Crippen molar-refractivity contribution in [1.29, 1.82) is 0 Å². The largest absolute Gasteiger partial charge is 0.467 e. The highest BCUT2D eigenvalue weighted by Gasteiger charge is 2.22. The van der Waals surface area contributed by atoms with E-state index in [2.05, 4.69) is 16.0 Å². The summed E-state index contributed by atoms with van der Waals surface area (Å²) in [7, 11) is 1.27. The van der Waals surface area contributed by atoms with E-state index in [1.165, 1.54) is 7.11 Å². The third-order valence-electron chi connectivity index (χ3n) is 3.95. The normalized spacial score (nSPS) is 12.4. The van der Waals surface area contributed by atoms with Crippen molar-refractivity contribution in [2.75, 3.05) is 25.7 Å². The van der Waals surface area contributed by atoms with Gasteiger partial charge in [0.05, 0.1) is 7.11 Å². The first-order valence-corrected chi connectivity index (χ1v) is 10.3. The highest BCUT2D eigenvalue weighted by Crippen LogP contribution is 2.05. The van der Waals surface area contributed by atoms with Gasteiger partial charge in [0.1, 0.15) is 12.1 Å². The van der Waals surface area contributed by atoms with Crippen LogP contribution in [0.4, 0.5) is 0 Å². The number of esters is 1. The van der Waals surface area contributed by atoms with E-state index in [1.54, 1.807) is 11.8 Å². The fourth-order valence-electron chi connectivity index (χ4n) is 2.48. The van der Waals surface area contributed by atoms with Crippen molar-refractivity contribution in [2.45, 2.75) is 31.3 Å². The zero-order valence-electron chi connectivity index (χ0n) is 16.1. The highest BCUT2D eigenvalue weighted by molar-refractivity contribution is 7.98. The second-order valence-corrected chi connectivity index (χ2v) is 6.98. The summed E-state index contributed by atoms with van der Waals surface area (Å²) in [6.45, 7) is 0.0974. The molecule has 1 rings (SSSR count). The third-order valence-corrected chi connectivity index (χ3v) is 4.60. The Kier molecular flexibility index (Phi) is 11.4. The van der Waals surface area contributed by atoms with E-state index >= 15 is 0 Å². The predicted octanol–water partition coefficient (Wildman–Crippen LogP) is 0.261. The zero-order valence-corrected chi connectivity index (χ0v) is 16.9. The Morgan fingerprint density at radius 1 is 1.18 bits per heavy atom. The topological polar surface area (TPSA) is 114 Å². The van der Waals surface area contributed by atoms with Gasteiger partial charge >= 0.3 is 5.97 Å². The number of ether oxygens (including phenoxy) is 1. The second-order valence-electron chi connectivity index (χ2n) is 5.99. The number of hydrogen-bond acceptors (Lipinski definition) is 6. The van der Waals surface area contributed by atoms with Gasteiger partial charge in [-0.25, -0.2) is 4.79 Å². The van der Waals surface area contributed by atoms with Crippen LogP contribution in [0.5, 0.6) is 0 Å². The molecule has 0 aliphatic rings. The van der Waals surface area contributed by atoms with Crippen LogP contribution >= 0.6 is 11.8 Å². The molecule has 154 valence electrons. The van der Waals surface area contributed by atoms with Gasteiger partial charge < -0.3 is 20.7 Å². The molecular formula is C19H27N3O5S. The van der Waals surface area contributed by atoms with E-state index in [0.717, 1.165) is 11.3 Å². The molecule has 28 heavy (non-hydrogen) atoms. The molecule has 0 aromatic heterocycles. The standard InChI is InChI=1S/C19H27N3O5S/c1-27-19(26)16(12-14-6-4-3-5-7-14)22-17(24)8-10-20-18(25)15(21-13-23)9-11-28-2/h3-7,13,15-16H,8-12H2,1-2H3,(H,20,25)(H,21,23)(H,22,24)/t15-,16-/m0/s1. The second kappa shape index (κ2) is 13.6. The first kappa shape index (κ1) is 23.5. The lowest BCUT2D eigenvalue weighted by atomic mass is 10.1. The Morgan fingerprint density at radius 3 is 2.50 bits per heavy atom. The molecule has 0 radical (unpaired) electrons. The molecule has 1 aromatic carbocycles. The minimum absolute atomic E-state index is 0.00433. The third kappa shape index (κ3) is 8.90. The molecule has 1 aromatic rings. The van der Waals surface area contributed by atoms with E-state index in [1.807, 2.05) is 36.6 Å². The molecular weight excluding hydrogens is 382 g/mol. The van der Waals surface area contributed by atoms with E-state index in [9.17, 15) is 19.2 Å². The molecule has 0 unspecified atom stereocenters. The van der Waals surface area contributed by atoms with E-state index in [4.69, 9.17) is 4.74 Å². The van der Waals surface area contributed by atoms with E-state index in [-0.39, 0.29) is 24.8 Å². The minimum Gasteiger partial charge on any atom is -0.467 e. The summed E-state index contributed by atoms with van der Waals surface area (Å²) in [4.78, 5) is 46.8. The lowest BCUT2D eigenvalue weighted by molar-refractivity contribution is -0.145. The first-order chi connectivity index (χ1) is 13.5. The lowest BCUT2D eigenvalue weighted by Gasteiger charge is -2.18. The summed E-state index contributed by atoms with van der Waals surface area (Å²) in [6, 6.07) is 7.84. The van der Waals surface area contributed by atoms with Crippen molar-refractivity contribution in [3.63, 3.8) is 0 Å². The van der Waals surface area contributed by atoms with Crippen LogP contribution in [-0.4, -0.2) is 61.9 Å². The fraction of sp³-hybridized carbons (Fsp3) is 0.474. The molecule has 0 aliphatic heterocycles. The molecule has 0 fully saturated rings. The van der Waals surface area contributed by atoms with Gasteiger partial charge in [-0.05, 0) is 24.0 Å². The summed E-state index contributed by atoms with van der Waals surface area (Å²) < 4.78 is 4.76. The maximum atomic E-state index is 12.2. The van der Waals surface area contributed by atoms with Crippen molar-refractivity contribution < 1.29 is 23.9 Å². The monoisotopic (exact) mass is 409 g/mol. The van der Waals surface area contributed by atoms with E-state index in [0.29, 0.717) is 19.3 Å². The smallest absolute Gasteiger partial charge is 0.328 e. The molecule has 0 spiro atoms. The SMILES string of the molecule is COC(=O)[C@H](Cc1ccccc1)NC(=O)CCNC(=O)[C@H](CCSC)NC=O. The lowest BCUT2D eigenvalue weighted by Crippen LogP contribution is -2.46. The van der Waals surface area contributed by atoms with Gasteiger partial charge in [0.25, 0.3) is 0 Å². The van der Waals surface area contributed by atoms with Crippen LogP contribution in [0.15, 0.2) is 30.3 Å². The molecule has 0 bridgehead atoms. The Balaban J connectivity index is 2.50. The number of carbonyl (C=O) groups excluding carboxylic acids is 4. The maximum absolute atomic E-state index is 12.2. The number of benzene rings is 1. The van der Waals surface area contributed by atoms with Gasteiger partial charge in [0.15, 0.2) is 0 Å². The Bertz CT molecular complexity index is 642. The van der Waals surface area contributed by atoms with Crippen LogP contribution in [-0.2, 0) is 30.3 Å². The van der Waals surface area contributed by atoms with Crippen molar-refractivity contribution in [2.24, 2.45) is 0 Å². The molecule has 3 N–H and O–H groups in total. The van der Waals surface area contributed by atoms with Gasteiger partial charge in [-0.1, -0.05) is 30.3 Å². The average molecular weight is 410 g/mol. The Labute approximate surface area is 169 Å². The summed E-state index contributed by atoms with van der Waals surface area (Å²) in [6.07, 6.45) is 3.21. The number of rotatable bonds is 13. The van der Waals surface area contributed by atoms with Crippen molar-refractivity contribution in [3.8, 4) is 0 Å². The molecule has 0 saturated carbocycles. The zero-order chi connectivity index (χ0) is 20.8. The van der Waals surface area contributed by atoms with Crippen LogP contribution in [0.2, 0.25) is 0 Å². The van der Waals surface area contributed by atoms with Crippen LogP contribution in [0.1, 0.15) is 18.4 Å². The molecule has 0 aliphatic carbocycles. The molecule has 2 atom stereocenters. The fourth-order valence-corrected chi connectivity index (χ4v) is 2.95. The quantitative estimate of drug-likeness (QED) is 0.318. The van der Waals surface area contributed by atoms with Crippen LogP contribution in [0.3, 0.4) is 0 Å². The van der Waals surface area contributed by atoms with Crippen molar-refractivity contribution in [3.05, 3.63) is 35.9 Å². The molecule has 0 heterocycles. The van der Waals surface area contributed by atoms with E-state index < -0.39 is 18.1 Å². The number of methoxy groups -OCH3 is 1. The Hall–Kier alpha value is -2.55. The first-order valence-electron chi connectivity index (χ1n) is 8.89. The number of hydrogen-bond donors (Lipinski definition) is 3. The molecule has 8 nitrogen and oxygen atoms in total. The minimum atomic E-state index is -0.804. The number of carbonyl (C=O) groups is 4. The van der Waals surface area contributed by atoms with Crippen molar-refractivity contribution in [1.82, 2.24) is 16.0 Å². The molecule has 0 saturated heterocycles. The molecule has 9 heteroatoms. The van der Waals surface area contributed by atoms with Crippen LogP contribution in [0.25, 0.3) is 0 Å². The van der Waals surface area contributed by atoms with Gasteiger partial charge in [0.2, 0.25) is 18.2 Å². The Morgan fingerprint density at radius 2 is 1.89 bits per heavy atom. The van der Waals surface area contributed by atoms with Crippen LogP contribution < -0.4 is 16.0 Å². The predicted molar refractivity (Wildman–Crippen MR) is 108 cm³/mol. The van der Waals surface area contributed by atoms with Gasteiger partial charge in [-0.15, -0.1) is 0 Å². The van der Waals surface area contributed by atoms with Crippen LogP contribution in [0, 0.1) is 0 Å².